The molecule has 0 aromatic rings. The van der Waals surface area contributed by atoms with Crippen LogP contribution in [0.25, 0.3) is 0 Å². The highest BCUT2D eigenvalue weighted by atomic mass is 16.6. The first-order valence-corrected chi connectivity index (χ1v) is 6.20. The molecule has 0 saturated carbocycles. The molecule has 102 valence electrons. The summed E-state index contributed by atoms with van der Waals surface area (Å²) in [7, 11) is 0. The normalized spacial score (nSPS) is 31.9. The minimum absolute atomic E-state index is 0.102. The van der Waals surface area contributed by atoms with Crippen molar-refractivity contribution in [1.29, 1.82) is 0 Å². The summed E-state index contributed by atoms with van der Waals surface area (Å²) >= 11 is 0. The van der Waals surface area contributed by atoms with Gasteiger partial charge in [-0.15, -0.1) is 0 Å². The van der Waals surface area contributed by atoms with Gasteiger partial charge in [0.1, 0.15) is 11.6 Å². The molecule has 0 aromatic carbocycles. The second-order valence-electron chi connectivity index (χ2n) is 5.75. The molecule has 1 N–H and O–H groups in total. The van der Waals surface area contributed by atoms with E-state index in [2.05, 4.69) is 5.32 Å². The molecular formula is C12H20N2O4. The van der Waals surface area contributed by atoms with E-state index in [0.29, 0.717) is 6.54 Å². The number of carbonyl (C=O) groups is 2. The fourth-order valence-corrected chi connectivity index (χ4v) is 2.26. The maximum Gasteiger partial charge on any atom is 0.411 e. The van der Waals surface area contributed by atoms with E-state index in [-0.39, 0.29) is 24.7 Å². The minimum Gasteiger partial charge on any atom is -0.444 e. The zero-order valence-electron chi connectivity index (χ0n) is 11.2. The van der Waals surface area contributed by atoms with Crippen molar-refractivity contribution in [3.8, 4) is 0 Å². The number of fused-ring (bicyclic) bond motifs is 2. The molecule has 0 aromatic heterocycles. The molecule has 0 radical (unpaired) electrons. The molecule has 2 saturated heterocycles. The van der Waals surface area contributed by atoms with Crippen LogP contribution < -0.4 is 5.32 Å². The topological polar surface area (TPSA) is 67.9 Å². The van der Waals surface area contributed by atoms with Crippen molar-refractivity contribution in [2.75, 3.05) is 13.2 Å². The molecule has 2 bridgehead atoms. The van der Waals surface area contributed by atoms with E-state index >= 15 is 0 Å². The van der Waals surface area contributed by atoms with Crippen LogP contribution >= 0.6 is 0 Å². The van der Waals surface area contributed by atoms with E-state index in [1.54, 1.807) is 0 Å². The summed E-state index contributed by atoms with van der Waals surface area (Å²) in [5.41, 5.74) is -0.566. The third kappa shape index (κ3) is 2.43. The molecule has 2 aliphatic rings. The maximum absolute atomic E-state index is 12.2. The second kappa shape index (κ2) is 4.42. The second-order valence-corrected chi connectivity index (χ2v) is 5.75. The lowest BCUT2D eigenvalue weighted by Gasteiger charge is -2.47. The van der Waals surface area contributed by atoms with Gasteiger partial charge in [-0.05, 0) is 27.7 Å². The van der Waals surface area contributed by atoms with Crippen molar-refractivity contribution in [1.82, 2.24) is 10.2 Å². The lowest BCUT2D eigenvalue weighted by molar-refractivity contribution is -0.151. The van der Waals surface area contributed by atoms with E-state index in [9.17, 15) is 9.59 Å². The Morgan fingerprint density at radius 1 is 1.50 bits per heavy atom. The molecule has 2 amide bonds. The first-order valence-electron chi connectivity index (χ1n) is 6.20. The van der Waals surface area contributed by atoms with Crippen molar-refractivity contribution >= 4 is 12.0 Å². The van der Waals surface area contributed by atoms with Crippen LogP contribution in [0.2, 0.25) is 0 Å². The van der Waals surface area contributed by atoms with E-state index in [0.717, 1.165) is 0 Å². The molecule has 2 aliphatic heterocycles. The zero-order valence-corrected chi connectivity index (χ0v) is 11.2. The van der Waals surface area contributed by atoms with E-state index in [1.807, 2.05) is 27.7 Å². The smallest absolute Gasteiger partial charge is 0.411 e. The highest BCUT2D eigenvalue weighted by Crippen LogP contribution is 2.24. The summed E-state index contributed by atoms with van der Waals surface area (Å²) < 4.78 is 10.9. The van der Waals surface area contributed by atoms with Gasteiger partial charge in [-0.3, -0.25) is 9.69 Å². The number of amides is 2. The van der Waals surface area contributed by atoms with Crippen molar-refractivity contribution < 1.29 is 19.1 Å². The summed E-state index contributed by atoms with van der Waals surface area (Å²) in [5, 5.41) is 2.79. The van der Waals surface area contributed by atoms with Gasteiger partial charge in [-0.1, -0.05) is 0 Å². The minimum atomic E-state index is -0.574. The Morgan fingerprint density at radius 2 is 2.17 bits per heavy atom. The number of rotatable bonds is 0. The molecule has 2 rings (SSSR count). The molecular weight excluding hydrogens is 236 g/mol. The average Bonchev–Trinajstić information content (AvgIpc) is 2.23. The third-order valence-corrected chi connectivity index (χ3v) is 3.14. The summed E-state index contributed by atoms with van der Waals surface area (Å²) in [6.45, 7) is 7.97. The summed E-state index contributed by atoms with van der Waals surface area (Å²) in [6.07, 6.45) is -0.545. The van der Waals surface area contributed by atoms with Crippen LogP contribution in [0.4, 0.5) is 4.79 Å². The van der Waals surface area contributed by atoms with Crippen LogP contribution in [0.3, 0.4) is 0 Å². The predicted octanol–water partition coefficient (Wildman–Crippen LogP) is 0.509. The van der Waals surface area contributed by atoms with Gasteiger partial charge in [0.25, 0.3) is 0 Å². The lowest BCUT2D eigenvalue weighted by atomic mass is 10.0. The molecule has 0 aliphatic carbocycles. The molecule has 18 heavy (non-hydrogen) atoms. The number of carbonyl (C=O) groups excluding carboxylic acids is 2. The highest BCUT2D eigenvalue weighted by Gasteiger charge is 2.47. The number of nitrogens with one attached hydrogen (secondary N) is 1. The van der Waals surface area contributed by atoms with E-state index in [1.165, 1.54) is 4.90 Å². The summed E-state index contributed by atoms with van der Waals surface area (Å²) in [6, 6.07) is -0.730. The Balaban J connectivity index is 2.18. The van der Waals surface area contributed by atoms with Gasteiger partial charge in [-0.25, -0.2) is 4.79 Å². The average molecular weight is 256 g/mol. The van der Waals surface area contributed by atoms with Crippen molar-refractivity contribution in [3.05, 3.63) is 0 Å². The quantitative estimate of drug-likeness (QED) is 0.685. The Hall–Kier alpha value is -1.30. The van der Waals surface area contributed by atoms with Gasteiger partial charge in [0.2, 0.25) is 5.91 Å². The molecule has 3 atom stereocenters. The maximum atomic E-state index is 12.2. The van der Waals surface area contributed by atoms with Crippen LogP contribution in [0.15, 0.2) is 0 Å². The molecule has 0 spiro atoms. The van der Waals surface area contributed by atoms with Gasteiger partial charge in [0, 0.05) is 6.54 Å². The van der Waals surface area contributed by atoms with Gasteiger partial charge in [-0.2, -0.15) is 0 Å². The largest absolute Gasteiger partial charge is 0.444 e. The number of piperazine rings is 1. The first kappa shape index (κ1) is 13.1. The monoisotopic (exact) mass is 256 g/mol. The fraction of sp³-hybridized carbons (Fsp3) is 0.833. The summed E-state index contributed by atoms with van der Waals surface area (Å²) in [5.74, 6) is -0.177. The molecule has 6 heteroatoms. The molecule has 6 nitrogen and oxygen atoms in total. The highest BCUT2D eigenvalue weighted by molar-refractivity contribution is 5.87. The van der Waals surface area contributed by atoms with E-state index < -0.39 is 17.7 Å². The SMILES string of the molecule is C[C@H]1OC[C@@H]2C(=O)NC[C@H]1N2C(=O)OC(C)(C)C. The number of hydrogen-bond donors (Lipinski definition) is 1. The molecule has 0 unspecified atom stereocenters. The Morgan fingerprint density at radius 3 is 2.78 bits per heavy atom. The number of ether oxygens (including phenoxy) is 2. The molecule has 2 heterocycles. The van der Waals surface area contributed by atoms with E-state index in [4.69, 9.17) is 9.47 Å². The third-order valence-electron chi connectivity index (χ3n) is 3.14. The van der Waals surface area contributed by atoms with Crippen LogP contribution in [0, 0.1) is 0 Å². The van der Waals surface area contributed by atoms with Crippen molar-refractivity contribution in [3.63, 3.8) is 0 Å². The number of hydrogen-bond acceptors (Lipinski definition) is 4. The number of morpholine rings is 1. The van der Waals surface area contributed by atoms with Crippen LogP contribution in [-0.4, -0.2) is 53.8 Å². The van der Waals surface area contributed by atoms with Gasteiger partial charge < -0.3 is 14.8 Å². The first-order chi connectivity index (χ1) is 8.29. The van der Waals surface area contributed by atoms with Crippen LogP contribution in [0.1, 0.15) is 27.7 Å². The molecule has 2 fully saturated rings. The Bertz CT molecular complexity index is 364. The zero-order chi connectivity index (χ0) is 13.5. The number of nitrogens with zero attached hydrogens (tertiary/aromatic N) is 1. The van der Waals surface area contributed by atoms with Crippen LogP contribution in [0.5, 0.6) is 0 Å². The van der Waals surface area contributed by atoms with Gasteiger partial charge >= 0.3 is 6.09 Å². The van der Waals surface area contributed by atoms with Crippen molar-refractivity contribution in [2.24, 2.45) is 0 Å². The van der Waals surface area contributed by atoms with Crippen LogP contribution in [-0.2, 0) is 14.3 Å². The lowest BCUT2D eigenvalue weighted by Crippen LogP contribution is -2.70. The Kier molecular flexibility index (Phi) is 3.23. The van der Waals surface area contributed by atoms with Crippen molar-refractivity contribution in [2.45, 2.75) is 51.5 Å². The fourth-order valence-electron chi connectivity index (χ4n) is 2.26. The Labute approximate surface area is 107 Å². The standard InChI is InChI=1S/C12H20N2O4/c1-7-8-5-13-10(15)9(6-17-7)14(8)11(16)18-12(2,3)4/h7-9H,5-6H2,1-4H3,(H,13,15)/t7-,8-,9-/m1/s1. The van der Waals surface area contributed by atoms with Gasteiger partial charge in [0.15, 0.2) is 0 Å². The van der Waals surface area contributed by atoms with Gasteiger partial charge in [0.05, 0.1) is 18.8 Å². The summed E-state index contributed by atoms with van der Waals surface area (Å²) in [4.78, 5) is 25.5. The predicted molar refractivity (Wildman–Crippen MR) is 64.1 cm³/mol.